The number of imidazole rings is 1. The SMILES string of the molecule is CN(C)c1cc(Oc2cc(-c3cc(N(C)C)ccn3)c(F)cc2F)nc(-c2ncc[nH]2)c1. The average Bonchev–Trinajstić information content (AvgIpc) is 3.30. The molecule has 1 N–H and O–H groups in total. The van der Waals surface area contributed by atoms with Crippen molar-refractivity contribution in [2.24, 2.45) is 0 Å². The van der Waals surface area contributed by atoms with Crippen LogP contribution in [-0.2, 0) is 0 Å². The minimum Gasteiger partial charge on any atom is -0.436 e. The molecule has 7 nitrogen and oxygen atoms in total. The molecule has 0 aliphatic carbocycles. The molecule has 9 heteroatoms. The molecule has 32 heavy (non-hydrogen) atoms. The number of halogens is 2. The molecule has 3 heterocycles. The van der Waals surface area contributed by atoms with E-state index in [9.17, 15) is 8.78 Å². The van der Waals surface area contributed by atoms with Crippen LogP contribution >= 0.6 is 0 Å². The Morgan fingerprint density at radius 1 is 0.812 bits per heavy atom. The third-order valence-corrected chi connectivity index (χ3v) is 4.82. The molecule has 0 fully saturated rings. The average molecular weight is 436 g/mol. The third kappa shape index (κ3) is 4.36. The Kier molecular flexibility index (Phi) is 5.72. The summed E-state index contributed by atoms with van der Waals surface area (Å²) in [5.74, 6) is -1.04. The van der Waals surface area contributed by atoms with Gasteiger partial charge in [0.05, 0.1) is 5.69 Å². The second kappa shape index (κ2) is 8.62. The highest BCUT2D eigenvalue weighted by atomic mass is 19.1. The Hall–Kier alpha value is -4.01. The second-order valence-corrected chi connectivity index (χ2v) is 7.54. The normalized spacial score (nSPS) is 10.8. The minimum absolute atomic E-state index is 0.125. The van der Waals surface area contributed by atoms with Gasteiger partial charge in [-0.3, -0.25) is 4.98 Å². The number of anilines is 2. The first kappa shape index (κ1) is 21.2. The largest absolute Gasteiger partial charge is 0.436 e. The Balaban J connectivity index is 1.75. The van der Waals surface area contributed by atoms with Crippen LogP contribution in [0.4, 0.5) is 20.2 Å². The molecule has 0 aliphatic rings. The maximum Gasteiger partial charge on any atom is 0.222 e. The van der Waals surface area contributed by atoms with Crippen LogP contribution in [0.25, 0.3) is 22.8 Å². The zero-order chi connectivity index (χ0) is 22.8. The van der Waals surface area contributed by atoms with Gasteiger partial charge in [0.2, 0.25) is 5.88 Å². The van der Waals surface area contributed by atoms with Gasteiger partial charge in [-0.15, -0.1) is 0 Å². The van der Waals surface area contributed by atoms with Gasteiger partial charge in [-0.2, -0.15) is 0 Å². The third-order valence-electron chi connectivity index (χ3n) is 4.82. The fraction of sp³-hybridized carbons (Fsp3) is 0.174. The molecule has 1 aromatic carbocycles. The van der Waals surface area contributed by atoms with Crippen LogP contribution in [0.1, 0.15) is 0 Å². The Morgan fingerprint density at radius 3 is 2.25 bits per heavy atom. The monoisotopic (exact) mass is 436 g/mol. The Bertz CT molecular complexity index is 1240. The molecule has 4 rings (SSSR count). The maximum atomic E-state index is 14.6. The highest BCUT2D eigenvalue weighted by molar-refractivity contribution is 5.67. The van der Waals surface area contributed by atoms with E-state index in [0.717, 1.165) is 17.4 Å². The van der Waals surface area contributed by atoms with Gasteiger partial charge in [0.1, 0.15) is 11.5 Å². The molecule has 0 aliphatic heterocycles. The Labute approximate surface area is 184 Å². The molecular weight excluding hydrogens is 414 g/mol. The molecule has 4 aromatic rings. The van der Waals surface area contributed by atoms with Crippen molar-refractivity contribution in [3.8, 4) is 34.4 Å². The number of rotatable bonds is 6. The molecular formula is C23H22F2N6O. The van der Waals surface area contributed by atoms with E-state index < -0.39 is 11.6 Å². The van der Waals surface area contributed by atoms with Crippen molar-refractivity contribution in [1.29, 1.82) is 0 Å². The zero-order valence-electron chi connectivity index (χ0n) is 18.1. The number of aromatic amines is 1. The van der Waals surface area contributed by atoms with E-state index in [-0.39, 0.29) is 17.2 Å². The molecule has 0 saturated heterocycles. The van der Waals surface area contributed by atoms with Crippen LogP contribution in [0.3, 0.4) is 0 Å². The van der Waals surface area contributed by atoms with Gasteiger partial charge in [-0.1, -0.05) is 0 Å². The summed E-state index contributed by atoms with van der Waals surface area (Å²) in [6, 6.07) is 9.10. The lowest BCUT2D eigenvalue weighted by atomic mass is 10.1. The number of nitrogens with one attached hydrogen (secondary N) is 1. The van der Waals surface area contributed by atoms with Crippen molar-refractivity contribution >= 4 is 11.4 Å². The van der Waals surface area contributed by atoms with E-state index in [1.165, 1.54) is 6.07 Å². The van der Waals surface area contributed by atoms with Gasteiger partial charge < -0.3 is 19.5 Å². The second-order valence-electron chi connectivity index (χ2n) is 7.54. The number of hydrogen-bond donors (Lipinski definition) is 1. The molecule has 0 bridgehead atoms. The number of ether oxygens (including phenoxy) is 1. The predicted molar refractivity (Wildman–Crippen MR) is 120 cm³/mol. The number of benzene rings is 1. The van der Waals surface area contributed by atoms with E-state index in [4.69, 9.17) is 4.74 Å². The van der Waals surface area contributed by atoms with Crippen LogP contribution in [0.2, 0.25) is 0 Å². The summed E-state index contributed by atoms with van der Waals surface area (Å²) in [5.41, 5.74) is 2.64. The topological polar surface area (TPSA) is 70.2 Å². The van der Waals surface area contributed by atoms with Crippen molar-refractivity contribution in [3.63, 3.8) is 0 Å². The lowest BCUT2D eigenvalue weighted by Gasteiger charge is -2.16. The van der Waals surface area contributed by atoms with E-state index in [0.29, 0.717) is 17.2 Å². The summed E-state index contributed by atoms with van der Waals surface area (Å²) in [6.45, 7) is 0. The van der Waals surface area contributed by atoms with Crippen molar-refractivity contribution < 1.29 is 13.5 Å². The molecule has 0 spiro atoms. The smallest absolute Gasteiger partial charge is 0.222 e. The van der Waals surface area contributed by atoms with Crippen LogP contribution in [-0.4, -0.2) is 48.1 Å². The highest BCUT2D eigenvalue weighted by Gasteiger charge is 2.17. The standard InChI is InChI=1S/C23H22F2N6O/c1-30(2)14-5-6-26-19(9-14)16-12-21(18(25)13-17(16)24)32-22-11-15(31(3)4)10-20(29-22)23-27-7-8-28-23/h5-13H,1-4H3,(H,27,28). The first-order valence-electron chi connectivity index (χ1n) is 9.81. The van der Waals surface area contributed by atoms with Crippen LogP contribution in [0.5, 0.6) is 11.6 Å². The van der Waals surface area contributed by atoms with E-state index in [1.807, 2.05) is 44.1 Å². The maximum absolute atomic E-state index is 14.6. The van der Waals surface area contributed by atoms with E-state index >= 15 is 0 Å². The highest BCUT2D eigenvalue weighted by Crippen LogP contribution is 2.34. The van der Waals surface area contributed by atoms with Gasteiger partial charge in [0.15, 0.2) is 17.4 Å². The van der Waals surface area contributed by atoms with Gasteiger partial charge in [-0.25, -0.2) is 18.7 Å². The van der Waals surface area contributed by atoms with Crippen LogP contribution in [0.15, 0.2) is 55.0 Å². The first-order valence-corrected chi connectivity index (χ1v) is 9.81. The summed E-state index contributed by atoms with van der Waals surface area (Å²) >= 11 is 0. The molecule has 0 radical (unpaired) electrons. The van der Waals surface area contributed by atoms with Gasteiger partial charge in [0, 0.05) is 75.9 Å². The fourth-order valence-corrected chi connectivity index (χ4v) is 3.09. The molecule has 0 unspecified atom stereocenters. The minimum atomic E-state index is -0.841. The van der Waals surface area contributed by atoms with E-state index in [2.05, 4.69) is 19.9 Å². The summed E-state index contributed by atoms with van der Waals surface area (Å²) in [7, 11) is 7.47. The van der Waals surface area contributed by atoms with E-state index in [1.54, 1.807) is 36.8 Å². The summed E-state index contributed by atoms with van der Waals surface area (Å²) in [6.07, 6.45) is 4.87. The molecule has 3 aromatic heterocycles. The van der Waals surface area contributed by atoms with Gasteiger partial charge >= 0.3 is 0 Å². The lowest BCUT2D eigenvalue weighted by molar-refractivity contribution is 0.424. The van der Waals surface area contributed by atoms with Crippen molar-refractivity contribution in [2.45, 2.75) is 0 Å². The van der Waals surface area contributed by atoms with Gasteiger partial charge in [-0.05, 0) is 24.3 Å². The number of nitrogens with zero attached hydrogens (tertiary/aromatic N) is 5. The van der Waals surface area contributed by atoms with Crippen molar-refractivity contribution in [1.82, 2.24) is 19.9 Å². The van der Waals surface area contributed by atoms with Gasteiger partial charge in [0.25, 0.3) is 0 Å². The summed E-state index contributed by atoms with van der Waals surface area (Å²) in [5, 5.41) is 0. The van der Waals surface area contributed by atoms with Crippen molar-refractivity contribution in [3.05, 3.63) is 66.6 Å². The quantitative estimate of drug-likeness (QED) is 0.471. The fourth-order valence-electron chi connectivity index (χ4n) is 3.09. The van der Waals surface area contributed by atoms with Crippen LogP contribution in [0, 0.1) is 11.6 Å². The summed E-state index contributed by atoms with van der Waals surface area (Å²) < 4.78 is 35.0. The number of H-pyrrole nitrogens is 1. The first-order chi connectivity index (χ1) is 15.3. The number of hydrogen-bond acceptors (Lipinski definition) is 6. The zero-order valence-corrected chi connectivity index (χ0v) is 18.1. The number of pyridine rings is 2. The van der Waals surface area contributed by atoms with Crippen LogP contribution < -0.4 is 14.5 Å². The number of aromatic nitrogens is 4. The molecule has 164 valence electrons. The summed E-state index contributed by atoms with van der Waals surface area (Å²) in [4.78, 5) is 19.6. The predicted octanol–water partition coefficient (Wildman–Crippen LogP) is 4.74. The molecule has 0 saturated carbocycles. The lowest BCUT2D eigenvalue weighted by Crippen LogP contribution is -2.09. The van der Waals surface area contributed by atoms with Crippen molar-refractivity contribution in [2.75, 3.05) is 38.0 Å². The Morgan fingerprint density at radius 2 is 1.56 bits per heavy atom. The molecule has 0 atom stereocenters. The molecule has 0 amide bonds.